The second kappa shape index (κ2) is 19.1. The van der Waals surface area contributed by atoms with Crippen molar-refractivity contribution in [3.05, 3.63) is 47.5 Å². The number of hydroxylamine groups is 2. The number of nitrogens with zero attached hydrogens (tertiary/aromatic N) is 3. The van der Waals surface area contributed by atoms with Crippen LogP contribution in [-0.4, -0.2) is 123 Å². The highest BCUT2D eigenvalue weighted by Gasteiger charge is 2.57. The fraction of sp³-hybridized carbons (Fsp3) is 0.667. The number of aliphatic hydroxyl groups excluding tert-OH is 2. The van der Waals surface area contributed by atoms with Gasteiger partial charge in [-0.05, 0) is 93.1 Å². The number of rotatable bonds is 18. The molecule has 58 heavy (non-hydrogen) atoms. The zero-order chi connectivity index (χ0) is 42.6. The van der Waals surface area contributed by atoms with Gasteiger partial charge in [-0.25, -0.2) is 0 Å². The largest absolute Gasteiger partial charge is 0.496 e. The van der Waals surface area contributed by atoms with Crippen molar-refractivity contribution in [3.63, 3.8) is 0 Å². The third kappa shape index (κ3) is 10.2. The smallest absolute Gasteiger partial charge is 0.251 e. The molecule has 4 aliphatic rings. The highest BCUT2D eigenvalue weighted by molar-refractivity contribution is 5.97. The normalized spacial score (nSPS) is 26.2. The van der Waals surface area contributed by atoms with Gasteiger partial charge in [-0.15, -0.1) is 0 Å². The number of carbonyl (C=O) groups is 3. The number of methoxy groups -OCH3 is 1. The fourth-order valence-corrected chi connectivity index (χ4v) is 9.95. The van der Waals surface area contributed by atoms with Crippen LogP contribution in [0.3, 0.4) is 0 Å². The van der Waals surface area contributed by atoms with Gasteiger partial charge in [0.1, 0.15) is 17.9 Å². The van der Waals surface area contributed by atoms with Gasteiger partial charge in [0.05, 0.1) is 26.4 Å². The average Bonchev–Trinajstić information content (AvgIpc) is 3.52. The third-order valence-corrected chi connectivity index (χ3v) is 13.1. The number of hydrogen-bond acceptors (Lipinski definition) is 10. The predicted octanol–water partition coefficient (Wildman–Crippen LogP) is 4.30. The molecule has 2 aromatic rings. The molecule has 0 unspecified atom stereocenters. The van der Waals surface area contributed by atoms with Crippen LogP contribution in [0.2, 0.25) is 0 Å². The van der Waals surface area contributed by atoms with E-state index in [1.54, 1.807) is 19.1 Å². The van der Waals surface area contributed by atoms with E-state index in [4.69, 9.17) is 9.57 Å². The number of benzene rings is 2. The minimum absolute atomic E-state index is 0.0132. The molecule has 13 heteroatoms. The molecular weight excluding hydrogens is 737 g/mol. The van der Waals surface area contributed by atoms with Gasteiger partial charge in [0.25, 0.3) is 5.91 Å². The molecule has 3 aliphatic carbocycles. The van der Waals surface area contributed by atoms with Gasteiger partial charge >= 0.3 is 0 Å². The number of ether oxygens (including phenoxy) is 1. The summed E-state index contributed by atoms with van der Waals surface area (Å²) in [6.07, 6.45) is 1.36. The summed E-state index contributed by atoms with van der Waals surface area (Å²) in [5.74, 6) is 1.09. The van der Waals surface area contributed by atoms with Gasteiger partial charge in [-0.3, -0.25) is 19.2 Å². The first-order valence-electron chi connectivity index (χ1n) is 21.1. The van der Waals surface area contributed by atoms with E-state index in [1.807, 2.05) is 62.4 Å². The molecule has 322 valence electrons. The predicted molar refractivity (Wildman–Crippen MR) is 227 cm³/mol. The molecule has 1 aliphatic heterocycles. The average molecular weight is 807 g/mol. The number of carbonyl (C=O) groups excluding carboxylic acids is 3. The van der Waals surface area contributed by atoms with Crippen molar-refractivity contribution in [2.45, 2.75) is 105 Å². The Morgan fingerprint density at radius 1 is 1.09 bits per heavy atom. The first-order valence-corrected chi connectivity index (χ1v) is 21.1. The molecule has 3 saturated carbocycles. The van der Waals surface area contributed by atoms with E-state index in [9.17, 15) is 24.6 Å². The highest BCUT2D eigenvalue weighted by Crippen LogP contribution is 2.61. The Bertz CT molecular complexity index is 1740. The summed E-state index contributed by atoms with van der Waals surface area (Å²) in [4.78, 5) is 51.0. The van der Waals surface area contributed by atoms with Crippen LogP contribution in [0.5, 0.6) is 5.75 Å². The summed E-state index contributed by atoms with van der Waals surface area (Å²) >= 11 is 0. The van der Waals surface area contributed by atoms with Crippen molar-refractivity contribution in [1.82, 2.24) is 25.9 Å². The molecule has 2 bridgehead atoms. The van der Waals surface area contributed by atoms with Crippen molar-refractivity contribution in [1.29, 1.82) is 0 Å². The van der Waals surface area contributed by atoms with E-state index in [2.05, 4.69) is 55.5 Å². The van der Waals surface area contributed by atoms with E-state index in [0.29, 0.717) is 48.1 Å². The van der Waals surface area contributed by atoms with Crippen LogP contribution in [0.25, 0.3) is 11.1 Å². The maximum Gasteiger partial charge on any atom is 0.251 e. The summed E-state index contributed by atoms with van der Waals surface area (Å²) in [6.45, 7) is 15.6. The molecule has 3 amide bonds. The SMILES string of the molecule is COc1c(CN2O[C@@H](CNC(C)=O)[C@@H]([C@H](C)O)[C@H]2C(=O)N[C@H]2C[C@@H]3C[C@H]([C@@H]2C)C3(C)C)cccc1-c1cc(C(=O)N[C@@H](CC(C)C)CN(C)C)cc(N(C)CCO)c1. The van der Waals surface area contributed by atoms with Crippen molar-refractivity contribution in [2.24, 2.45) is 35.0 Å². The summed E-state index contributed by atoms with van der Waals surface area (Å²) < 4.78 is 6.14. The minimum atomic E-state index is -0.912. The van der Waals surface area contributed by atoms with Crippen LogP contribution in [-0.2, 0) is 21.0 Å². The third-order valence-electron chi connectivity index (χ3n) is 13.1. The van der Waals surface area contributed by atoms with E-state index < -0.39 is 24.2 Å². The zero-order valence-corrected chi connectivity index (χ0v) is 36.7. The number of aliphatic hydroxyl groups is 2. The lowest BCUT2D eigenvalue weighted by atomic mass is 9.45. The molecule has 6 rings (SSSR count). The van der Waals surface area contributed by atoms with Crippen LogP contribution in [0.4, 0.5) is 5.69 Å². The Kier molecular flexibility index (Phi) is 14.9. The highest BCUT2D eigenvalue weighted by atomic mass is 16.7. The molecule has 1 saturated heterocycles. The van der Waals surface area contributed by atoms with Gasteiger partial charge in [-0.2, -0.15) is 5.06 Å². The molecule has 1 heterocycles. The quantitative estimate of drug-likeness (QED) is 0.147. The molecule has 0 aromatic heterocycles. The molecule has 4 fully saturated rings. The second-order valence-electron chi connectivity index (χ2n) is 18.5. The molecule has 0 radical (unpaired) electrons. The minimum Gasteiger partial charge on any atom is -0.496 e. The topological polar surface area (TPSA) is 156 Å². The molecule has 13 nitrogen and oxygen atoms in total. The molecular formula is C45H70N6O7. The lowest BCUT2D eigenvalue weighted by Gasteiger charge is -2.62. The second-order valence-corrected chi connectivity index (χ2v) is 18.5. The summed E-state index contributed by atoms with van der Waals surface area (Å²) in [6, 6.07) is 10.6. The maximum atomic E-state index is 14.5. The Labute approximate surface area is 346 Å². The lowest BCUT2D eigenvalue weighted by Crippen LogP contribution is -2.62. The molecule has 0 spiro atoms. The fourth-order valence-electron chi connectivity index (χ4n) is 9.95. The first-order chi connectivity index (χ1) is 27.4. The summed E-state index contributed by atoms with van der Waals surface area (Å²) in [5.41, 5.74) is 3.72. The van der Waals surface area contributed by atoms with Crippen LogP contribution in [0, 0.1) is 35.0 Å². The van der Waals surface area contributed by atoms with Gasteiger partial charge in [0.15, 0.2) is 0 Å². The number of nitrogens with one attached hydrogen (secondary N) is 3. The van der Waals surface area contributed by atoms with Gasteiger partial charge < -0.3 is 40.7 Å². The first kappa shape index (κ1) is 45.3. The lowest BCUT2D eigenvalue weighted by molar-refractivity contribution is -0.177. The number of hydrogen-bond donors (Lipinski definition) is 5. The Morgan fingerprint density at radius 3 is 2.40 bits per heavy atom. The van der Waals surface area contributed by atoms with Crippen LogP contribution in [0.1, 0.15) is 83.7 Å². The standard InChI is InChI=1S/C45H70N6O7/c1-26(2)17-34(25-49(8)9)47-43(55)32-18-31(19-35(20-32)50(10)15-16-52)36-14-12-13-30(42(36)57-11)24-51-41(40(28(4)53)39(58-51)23-46-29(5)54)44(56)48-38-22-33-21-37(27(38)3)45(33,6)7/h12-14,18-20,26-28,33-34,37-41,52-53H,15-17,21-25H2,1-11H3,(H,46,54)(H,47,55)(H,48,56)/t27-,28-,33-,34-,37+,38-,39-,40+,41-/m0/s1. The number of fused-ring (bicyclic) bond motifs is 2. The van der Waals surface area contributed by atoms with Crippen molar-refractivity contribution in [3.8, 4) is 16.9 Å². The van der Waals surface area contributed by atoms with E-state index in [1.165, 1.54) is 13.3 Å². The van der Waals surface area contributed by atoms with Crippen LogP contribution in [0.15, 0.2) is 36.4 Å². The maximum absolute atomic E-state index is 14.5. The van der Waals surface area contributed by atoms with Gasteiger partial charge in [-0.1, -0.05) is 52.8 Å². The number of anilines is 1. The zero-order valence-electron chi connectivity index (χ0n) is 36.7. The number of para-hydroxylation sites is 1. The number of amides is 3. The summed E-state index contributed by atoms with van der Waals surface area (Å²) in [7, 11) is 7.47. The van der Waals surface area contributed by atoms with E-state index >= 15 is 0 Å². The van der Waals surface area contributed by atoms with E-state index in [0.717, 1.165) is 35.2 Å². The Morgan fingerprint density at radius 2 is 1.81 bits per heavy atom. The van der Waals surface area contributed by atoms with Gasteiger partial charge in [0, 0.05) is 74.0 Å². The van der Waals surface area contributed by atoms with Crippen LogP contribution >= 0.6 is 0 Å². The molecule has 2 aromatic carbocycles. The van der Waals surface area contributed by atoms with Crippen molar-refractivity contribution in [2.75, 3.05) is 59.4 Å². The van der Waals surface area contributed by atoms with E-state index in [-0.39, 0.29) is 54.9 Å². The molecule has 5 N–H and O–H groups in total. The van der Waals surface area contributed by atoms with Gasteiger partial charge in [0.2, 0.25) is 11.8 Å². The Hall–Kier alpha value is -3.75. The monoisotopic (exact) mass is 807 g/mol. The van der Waals surface area contributed by atoms with Crippen LogP contribution < -0.4 is 25.6 Å². The summed E-state index contributed by atoms with van der Waals surface area (Å²) in [5, 5.41) is 32.1. The number of likely N-dealkylation sites (N-methyl/N-ethyl adjacent to an activating group) is 2. The van der Waals surface area contributed by atoms with Crippen molar-refractivity contribution >= 4 is 23.4 Å². The molecule has 9 atom stereocenters. The Balaban J connectivity index is 1.50. The van der Waals surface area contributed by atoms with Crippen molar-refractivity contribution < 1.29 is 34.2 Å².